The zero-order valence-corrected chi connectivity index (χ0v) is 11.5. The molecule has 0 saturated carbocycles. The highest BCUT2D eigenvalue weighted by molar-refractivity contribution is 9.09. The maximum Gasteiger partial charge on any atom is 0.139 e. The van der Waals surface area contributed by atoms with Gasteiger partial charge in [-0.05, 0) is 6.42 Å². The molecular weight excluding hydrogens is 240 g/mol. The van der Waals surface area contributed by atoms with E-state index in [1.807, 2.05) is 20.8 Å². The molecule has 0 heterocycles. The van der Waals surface area contributed by atoms with E-state index < -0.39 is 0 Å². The molecule has 0 N–H and O–H groups in total. The number of Topliss-reactive ketones (excluding diaryl/α,β-unsaturated/α-hetero) is 1. The SMILES string of the molecule is CCCCCC(Br)CC(=O)C(C)(C)C. The van der Waals surface area contributed by atoms with E-state index >= 15 is 0 Å². The fraction of sp³-hybridized carbons (Fsp3) is 0.917. The molecule has 0 aromatic heterocycles. The van der Waals surface area contributed by atoms with Crippen molar-refractivity contribution in [1.29, 1.82) is 0 Å². The van der Waals surface area contributed by atoms with E-state index in [0.29, 0.717) is 17.0 Å². The Morgan fingerprint density at radius 3 is 2.29 bits per heavy atom. The lowest BCUT2D eigenvalue weighted by atomic mass is 9.87. The van der Waals surface area contributed by atoms with E-state index in [-0.39, 0.29) is 5.41 Å². The number of unbranched alkanes of at least 4 members (excludes halogenated alkanes) is 2. The van der Waals surface area contributed by atoms with Crippen LogP contribution in [0.15, 0.2) is 0 Å². The highest BCUT2D eigenvalue weighted by Gasteiger charge is 2.23. The van der Waals surface area contributed by atoms with Crippen LogP contribution in [0.5, 0.6) is 0 Å². The molecule has 0 radical (unpaired) electrons. The summed E-state index contributed by atoms with van der Waals surface area (Å²) in [5, 5.41) is 0. The molecule has 0 bridgehead atoms. The summed E-state index contributed by atoms with van der Waals surface area (Å²) in [6, 6.07) is 0. The van der Waals surface area contributed by atoms with Gasteiger partial charge in [0.25, 0.3) is 0 Å². The Labute approximate surface area is 96.8 Å². The molecule has 1 unspecified atom stereocenters. The Kier molecular flexibility index (Phi) is 6.67. The molecule has 0 fully saturated rings. The molecule has 0 aliphatic heterocycles. The average Bonchev–Trinajstić information content (AvgIpc) is 2.03. The van der Waals surface area contributed by atoms with E-state index in [1.165, 1.54) is 19.3 Å². The molecule has 0 aromatic carbocycles. The lowest BCUT2D eigenvalue weighted by Gasteiger charge is -2.18. The highest BCUT2D eigenvalue weighted by atomic mass is 79.9. The van der Waals surface area contributed by atoms with Crippen molar-refractivity contribution in [2.75, 3.05) is 0 Å². The second-order valence-corrected chi connectivity index (χ2v) is 6.27. The van der Waals surface area contributed by atoms with Gasteiger partial charge in [0.2, 0.25) is 0 Å². The first-order chi connectivity index (χ1) is 6.38. The molecule has 1 atom stereocenters. The van der Waals surface area contributed by atoms with Gasteiger partial charge in [-0.15, -0.1) is 0 Å². The van der Waals surface area contributed by atoms with Crippen LogP contribution in [0.2, 0.25) is 0 Å². The summed E-state index contributed by atoms with van der Waals surface area (Å²) >= 11 is 3.58. The fourth-order valence-electron chi connectivity index (χ4n) is 1.23. The van der Waals surface area contributed by atoms with Gasteiger partial charge in [0.05, 0.1) is 0 Å². The molecule has 0 rings (SSSR count). The summed E-state index contributed by atoms with van der Waals surface area (Å²) in [6.45, 7) is 8.16. The minimum Gasteiger partial charge on any atom is -0.299 e. The van der Waals surface area contributed by atoms with Gasteiger partial charge in [-0.2, -0.15) is 0 Å². The number of carbonyl (C=O) groups excluding carboxylic acids is 1. The standard InChI is InChI=1S/C12H23BrO/c1-5-6-7-8-10(13)9-11(14)12(2,3)4/h10H,5-9H2,1-4H3. The number of carbonyl (C=O) groups is 1. The quantitative estimate of drug-likeness (QED) is 0.514. The molecule has 0 saturated heterocycles. The molecule has 0 spiro atoms. The van der Waals surface area contributed by atoms with Crippen LogP contribution in [-0.2, 0) is 4.79 Å². The summed E-state index contributed by atoms with van der Waals surface area (Å²) < 4.78 is 0. The number of alkyl halides is 1. The predicted octanol–water partition coefficient (Wildman–Crippen LogP) is 4.34. The molecule has 0 aromatic rings. The lowest BCUT2D eigenvalue weighted by molar-refractivity contribution is -0.126. The van der Waals surface area contributed by atoms with E-state index in [1.54, 1.807) is 0 Å². The first kappa shape index (κ1) is 14.2. The van der Waals surface area contributed by atoms with Crippen molar-refractivity contribution in [3.05, 3.63) is 0 Å². The summed E-state index contributed by atoms with van der Waals surface area (Å²) in [5.74, 6) is 0.357. The number of ketones is 1. The third kappa shape index (κ3) is 6.58. The van der Waals surface area contributed by atoms with Gasteiger partial charge in [0.15, 0.2) is 0 Å². The minimum absolute atomic E-state index is 0.184. The zero-order valence-electron chi connectivity index (χ0n) is 9.90. The van der Waals surface area contributed by atoms with Crippen LogP contribution in [0.3, 0.4) is 0 Å². The first-order valence-corrected chi connectivity index (χ1v) is 6.47. The molecule has 1 nitrogen and oxygen atoms in total. The predicted molar refractivity (Wildman–Crippen MR) is 65.9 cm³/mol. The van der Waals surface area contributed by atoms with E-state index in [0.717, 1.165) is 6.42 Å². The van der Waals surface area contributed by atoms with E-state index in [4.69, 9.17) is 0 Å². The van der Waals surface area contributed by atoms with E-state index in [9.17, 15) is 4.79 Å². The van der Waals surface area contributed by atoms with Crippen molar-refractivity contribution in [3.8, 4) is 0 Å². The minimum atomic E-state index is -0.184. The smallest absolute Gasteiger partial charge is 0.139 e. The number of halogens is 1. The van der Waals surface area contributed by atoms with Gasteiger partial charge in [-0.1, -0.05) is 62.9 Å². The highest BCUT2D eigenvalue weighted by Crippen LogP contribution is 2.22. The van der Waals surface area contributed by atoms with E-state index in [2.05, 4.69) is 22.9 Å². The van der Waals surface area contributed by atoms with Crippen LogP contribution in [0.4, 0.5) is 0 Å². The maximum absolute atomic E-state index is 11.7. The number of hydrogen-bond donors (Lipinski definition) is 0. The van der Waals surface area contributed by atoms with Crippen molar-refractivity contribution in [2.24, 2.45) is 5.41 Å². The van der Waals surface area contributed by atoms with Crippen molar-refractivity contribution >= 4 is 21.7 Å². The van der Waals surface area contributed by atoms with Crippen LogP contribution in [0, 0.1) is 5.41 Å². The first-order valence-electron chi connectivity index (χ1n) is 5.55. The summed E-state index contributed by atoms with van der Waals surface area (Å²) in [6.07, 6.45) is 5.53. The Morgan fingerprint density at radius 2 is 1.86 bits per heavy atom. The topological polar surface area (TPSA) is 17.1 Å². The van der Waals surface area contributed by atoms with Crippen LogP contribution >= 0.6 is 15.9 Å². The van der Waals surface area contributed by atoms with Gasteiger partial charge in [0, 0.05) is 16.7 Å². The second-order valence-electron chi connectivity index (χ2n) is 4.97. The molecular formula is C12H23BrO. The third-order valence-electron chi connectivity index (χ3n) is 2.36. The molecule has 0 aliphatic carbocycles. The number of rotatable bonds is 6. The summed E-state index contributed by atoms with van der Waals surface area (Å²) in [7, 11) is 0. The summed E-state index contributed by atoms with van der Waals surface area (Å²) in [4.78, 5) is 12.1. The maximum atomic E-state index is 11.7. The Morgan fingerprint density at radius 1 is 1.29 bits per heavy atom. The monoisotopic (exact) mass is 262 g/mol. The second kappa shape index (κ2) is 6.60. The molecule has 14 heavy (non-hydrogen) atoms. The van der Waals surface area contributed by atoms with Gasteiger partial charge in [0.1, 0.15) is 5.78 Å². The Hall–Kier alpha value is 0.150. The van der Waals surface area contributed by atoms with Gasteiger partial charge >= 0.3 is 0 Å². The van der Waals surface area contributed by atoms with Gasteiger partial charge in [-0.25, -0.2) is 0 Å². The van der Waals surface area contributed by atoms with Crippen LogP contribution < -0.4 is 0 Å². The molecule has 84 valence electrons. The van der Waals surface area contributed by atoms with Crippen molar-refractivity contribution < 1.29 is 4.79 Å². The largest absolute Gasteiger partial charge is 0.299 e. The van der Waals surface area contributed by atoms with Crippen molar-refractivity contribution in [3.63, 3.8) is 0 Å². The normalized spacial score (nSPS) is 14.1. The van der Waals surface area contributed by atoms with Crippen LogP contribution in [0.25, 0.3) is 0 Å². The number of hydrogen-bond acceptors (Lipinski definition) is 1. The molecule has 2 heteroatoms. The van der Waals surface area contributed by atoms with Crippen LogP contribution in [-0.4, -0.2) is 10.6 Å². The lowest BCUT2D eigenvalue weighted by Crippen LogP contribution is -2.23. The zero-order chi connectivity index (χ0) is 11.2. The Balaban J connectivity index is 3.72. The average molecular weight is 263 g/mol. The fourth-order valence-corrected chi connectivity index (χ4v) is 1.84. The van der Waals surface area contributed by atoms with Gasteiger partial charge < -0.3 is 0 Å². The molecule has 0 amide bonds. The summed E-state index contributed by atoms with van der Waals surface area (Å²) in [5.41, 5.74) is -0.184. The van der Waals surface area contributed by atoms with Crippen molar-refractivity contribution in [1.82, 2.24) is 0 Å². The molecule has 0 aliphatic rings. The van der Waals surface area contributed by atoms with Crippen molar-refractivity contribution in [2.45, 2.75) is 64.6 Å². The van der Waals surface area contributed by atoms with Gasteiger partial charge in [-0.3, -0.25) is 4.79 Å². The Bertz CT molecular complexity index is 170. The third-order valence-corrected chi connectivity index (χ3v) is 3.15. The van der Waals surface area contributed by atoms with Crippen LogP contribution in [0.1, 0.15) is 59.8 Å².